The van der Waals surface area contributed by atoms with Crippen molar-refractivity contribution < 1.29 is 9.90 Å². The Morgan fingerprint density at radius 3 is 2.55 bits per heavy atom. The van der Waals surface area contributed by atoms with Gasteiger partial charge in [-0.25, -0.2) is 0 Å². The Hall–Kier alpha value is -2.14. The molecule has 0 fully saturated rings. The number of amides is 1. The highest BCUT2D eigenvalue weighted by atomic mass is 16.3. The van der Waals surface area contributed by atoms with Gasteiger partial charge in [-0.05, 0) is 37.0 Å². The monoisotopic (exact) mass is 301 g/mol. The number of nitrogens with zero attached hydrogens (tertiary/aromatic N) is 2. The number of hydrogen-bond acceptors (Lipinski definition) is 3. The maximum absolute atomic E-state index is 12.0. The van der Waals surface area contributed by atoms with Crippen molar-refractivity contribution >= 4 is 5.91 Å². The van der Waals surface area contributed by atoms with E-state index in [1.54, 1.807) is 0 Å². The van der Waals surface area contributed by atoms with Crippen LogP contribution >= 0.6 is 0 Å². The van der Waals surface area contributed by atoms with E-state index in [9.17, 15) is 9.90 Å². The largest absolute Gasteiger partial charge is 0.392 e. The first-order valence-corrected chi connectivity index (χ1v) is 7.46. The highest BCUT2D eigenvalue weighted by Gasteiger charge is 2.11. The van der Waals surface area contributed by atoms with Gasteiger partial charge in [-0.1, -0.05) is 24.3 Å². The lowest BCUT2D eigenvalue weighted by atomic mass is 10.1. The molecular weight excluding hydrogens is 278 g/mol. The van der Waals surface area contributed by atoms with Gasteiger partial charge in [0, 0.05) is 25.7 Å². The molecule has 0 saturated heterocycles. The number of rotatable bonds is 6. The lowest BCUT2D eigenvalue weighted by Crippen LogP contribution is -2.23. The zero-order valence-corrected chi connectivity index (χ0v) is 13.4. The maximum Gasteiger partial charge on any atom is 0.220 e. The normalized spacial score (nSPS) is 10.7. The molecule has 0 bridgehead atoms. The Balaban J connectivity index is 1.88. The van der Waals surface area contributed by atoms with Gasteiger partial charge in [0.05, 0.1) is 12.3 Å². The molecule has 1 aromatic carbocycles. The molecule has 1 aromatic heterocycles. The van der Waals surface area contributed by atoms with Gasteiger partial charge in [0.25, 0.3) is 0 Å². The number of carbonyl (C=O) groups is 1. The second-order valence-corrected chi connectivity index (χ2v) is 5.48. The van der Waals surface area contributed by atoms with E-state index in [0.717, 1.165) is 28.1 Å². The van der Waals surface area contributed by atoms with Crippen molar-refractivity contribution in [3.63, 3.8) is 0 Å². The van der Waals surface area contributed by atoms with E-state index < -0.39 is 0 Å². The number of hydrogen-bond donors (Lipinski definition) is 2. The summed E-state index contributed by atoms with van der Waals surface area (Å²) in [6.07, 6.45) is 1.13. The van der Waals surface area contributed by atoms with Gasteiger partial charge in [0.2, 0.25) is 5.91 Å². The van der Waals surface area contributed by atoms with Gasteiger partial charge < -0.3 is 10.4 Å². The molecule has 2 aromatic rings. The highest BCUT2D eigenvalue weighted by Crippen LogP contribution is 2.14. The topological polar surface area (TPSA) is 67.2 Å². The summed E-state index contributed by atoms with van der Waals surface area (Å²) in [4.78, 5) is 12.0. The molecule has 22 heavy (non-hydrogen) atoms. The van der Waals surface area contributed by atoms with Crippen LogP contribution in [0.4, 0.5) is 0 Å². The van der Waals surface area contributed by atoms with E-state index in [-0.39, 0.29) is 12.5 Å². The minimum atomic E-state index is -0.0138. The third-order valence-electron chi connectivity index (χ3n) is 4.03. The molecule has 0 aliphatic rings. The van der Waals surface area contributed by atoms with Crippen molar-refractivity contribution in [1.82, 2.24) is 15.1 Å². The van der Waals surface area contributed by atoms with Crippen molar-refractivity contribution in [2.75, 3.05) is 0 Å². The molecule has 0 saturated carbocycles. The molecule has 0 aliphatic carbocycles. The van der Waals surface area contributed by atoms with Gasteiger partial charge >= 0.3 is 0 Å². The zero-order chi connectivity index (χ0) is 16.1. The maximum atomic E-state index is 12.0. The number of aliphatic hydroxyl groups excluding tert-OH is 1. The first-order valence-electron chi connectivity index (χ1n) is 7.46. The van der Waals surface area contributed by atoms with Gasteiger partial charge in [-0.15, -0.1) is 0 Å². The summed E-state index contributed by atoms with van der Waals surface area (Å²) in [6.45, 7) is 4.42. The van der Waals surface area contributed by atoms with Crippen molar-refractivity contribution in [3.05, 3.63) is 52.3 Å². The standard InChI is InChI=1S/C17H23N3O2/c1-12-16(13(2)20(3)19-12)8-9-17(22)18-10-14-6-4-5-7-15(14)11-21/h4-7,21H,8-11H2,1-3H3,(H,18,22). The van der Waals surface area contributed by atoms with Crippen LogP contribution in [0.5, 0.6) is 0 Å². The van der Waals surface area contributed by atoms with Crippen molar-refractivity contribution in [2.24, 2.45) is 7.05 Å². The van der Waals surface area contributed by atoms with Crippen LogP contribution in [0.1, 0.15) is 34.5 Å². The fraction of sp³-hybridized carbons (Fsp3) is 0.412. The molecule has 0 radical (unpaired) electrons. The van der Waals surface area contributed by atoms with Crippen LogP contribution < -0.4 is 5.32 Å². The number of carbonyl (C=O) groups excluding carboxylic acids is 1. The first kappa shape index (κ1) is 16.2. The Morgan fingerprint density at radius 1 is 1.27 bits per heavy atom. The quantitative estimate of drug-likeness (QED) is 0.854. The van der Waals surface area contributed by atoms with Crippen LogP contribution in [-0.4, -0.2) is 20.8 Å². The Labute approximate surface area is 131 Å². The number of nitrogens with one attached hydrogen (secondary N) is 1. The predicted molar refractivity (Wildman–Crippen MR) is 85.2 cm³/mol. The fourth-order valence-electron chi connectivity index (χ4n) is 2.58. The summed E-state index contributed by atoms with van der Waals surface area (Å²) in [5.41, 5.74) is 5.04. The van der Waals surface area contributed by atoms with E-state index in [4.69, 9.17) is 0 Å². The predicted octanol–water partition coefficient (Wildman–Crippen LogP) is 1.78. The fourth-order valence-corrected chi connectivity index (χ4v) is 2.58. The lowest BCUT2D eigenvalue weighted by molar-refractivity contribution is -0.121. The van der Waals surface area contributed by atoms with E-state index >= 15 is 0 Å². The summed E-state index contributed by atoms with van der Waals surface area (Å²) in [6, 6.07) is 7.57. The third kappa shape index (κ3) is 3.74. The molecule has 5 nitrogen and oxygen atoms in total. The van der Waals surface area contributed by atoms with E-state index in [0.29, 0.717) is 19.4 Å². The van der Waals surface area contributed by atoms with Gasteiger partial charge in [0.1, 0.15) is 0 Å². The minimum absolute atomic E-state index is 0.00963. The van der Waals surface area contributed by atoms with Gasteiger partial charge in [0.15, 0.2) is 0 Å². The smallest absolute Gasteiger partial charge is 0.220 e. The highest BCUT2D eigenvalue weighted by molar-refractivity contribution is 5.76. The molecule has 1 heterocycles. The van der Waals surface area contributed by atoms with Crippen LogP contribution in [0.3, 0.4) is 0 Å². The van der Waals surface area contributed by atoms with E-state index in [2.05, 4.69) is 10.4 Å². The average Bonchev–Trinajstić information content (AvgIpc) is 2.76. The first-order chi connectivity index (χ1) is 10.5. The molecule has 0 atom stereocenters. The summed E-state index contributed by atoms with van der Waals surface area (Å²) in [7, 11) is 1.91. The Bertz CT molecular complexity index is 662. The molecule has 2 rings (SSSR count). The molecule has 2 N–H and O–H groups in total. The molecule has 5 heteroatoms. The molecular formula is C17H23N3O2. The van der Waals surface area contributed by atoms with E-state index in [1.165, 1.54) is 0 Å². The Morgan fingerprint density at radius 2 is 1.95 bits per heavy atom. The van der Waals surface area contributed by atoms with Crippen LogP contribution in [0.25, 0.3) is 0 Å². The summed E-state index contributed by atoms with van der Waals surface area (Å²) in [5.74, 6) is 0.00963. The Kier molecular flexibility index (Phi) is 5.33. The van der Waals surface area contributed by atoms with Gasteiger partial charge in [-0.3, -0.25) is 9.48 Å². The lowest BCUT2D eigenvalue weighted by Gasteiger charge is -2.09. The van der Waals surface area contributed by atoms with Gasteiger partial charge in [-0.2, -0.15) is 5.10 Å². The number of benzene rings is 1. The minimum Gasteiger partial charge on any atom is -0.392 e. The summed E-state index contributed by atoms with van der Waals surface area (Å²) < 4.78 is 1.85. The summed E-state index contributed by atoms with van der Waals surface area (Å²) in [5, 5.41) is 16.6. The molecule has 1 amide bonds. The number of aliphatic hydroxyl groups is 1. The second-order valence-electron chi connectivity index (χ2n) is 5.48. The van der Waals surface area contributed by atoms with Crippen LogP contribution in [-0.2, 0) is 31.4 Å². The third-order valence-corrected chi connectivity index (χ3v) is 4.03. The molecule has 0 unspecified atom stereocenters. The van der Waals surface area contributed by atoms with Crippen LogP contribution in [0, 0.1) is 13.8 Å². The summed E-state index contributed by atoms with van der Waals surface area (Å²) >= 11 is 0. The molecule has 0 aliphatic heterocycles. The SMILES string of the molecule is Cc1nn(C)c(C)c1CCC(=O)NCc1ccccc1CO. The molecule has 0 spiro atoms. The average molecular weight is 301 g/mol. The number of aromatic nitrogens is 2. The molecule has 118 valence electrons. The van der Waals surface area contributed by atoms with E-state index in [1.807, 2.05) is 49.8 Å². The van der Waals surface area contributed by atoms with Crippen molar-refractivity contribution in [2.45, 2.75) is 39.8 Å². The number of aryl methyl sites for hydroxylation is 2. The van der Waals surface area contributed by atoms with Crippen LogP contribution in [0.15, 0.2) is 24.3 Å². The van der Waals surface area contributed by atoms with Crippen molar-refractivity contribution in [3.8, 4) is 0 Å². The van der Waals surface area contributed by atoms with Crippen LogP contribution in [0.2, 0.25) is 0 Å². The second kappa shape index (κ2) is 7.22. The zero-order valence-electron chi connectivity index (χ0n) is 13.4. The van der Waals surface area contributed by atoms with Crippen molar-refractivity contribution in [1.29, 1.82) is 0 Å².